The normalized spacial score (nSPS) is 20.5. The standard InChI is InChI=1S/C23H26N2O2/c1-3-15-23(4-2)22(27)25(21(26)20-13-9-6-10-14-20)17-16-24(23)18-19-11-7-5-8-12-19/h3,5-14H,1,4,15-18H2,2H3/t23-/m0/s1. The molecular weight excluding hydrogens is 336 g/mol. The van der Waals surface area contributed by atoms with Crippen LogP contribution >= 0.6 is 0 Å². The van der Waals surface area contributed by atoms with Gasteiger partial charge in [-0.2, -0.15) is 0 Å². The smallest absolute Gasteiger partial charge is 0.260 e. The highest BCUT2D eigenvalue weighted by Gasteiger charge is 2.48. The molecule has 0 saturated carbocycles. The van der Waals surface area contributed by atoms with Crippen LogP contribution in [0.1, 0.15) is 35.7 Å². The number of carbonyl (C=O) groups excluding carboxylic acids is 2. The van der Waals surface area contributed by atoms with Gasteiger partial charge in [0, 0.05) is 25.2 Å². The Balaban J connectivity index is 1.90. The van der Waals surface area contributed by atoms with E-state index < -0.39 is 5.54 Å². The van der Waals surface area contributed by atoms with Crippen LogP contribution in [0.25, 0.3) is 0 Å². The van der Waals surface area contributed by atoms with Crippen molar-refractivity contribution in [2.45, 2.75) is 31.8 Å². The zero-order chi connectivity index (χ0) is 19.3. The highest BCUT2D eigenvalue weighted by Crippen LogP contribution is 2.32. The summed E-state index contributed by atoms with van der Waals surface area (Å²) in [7, 11) is 0. The molecule has 0 spiro atoms. The van der Waals surface area contributed by atoms with E-state index in [4.69, 9.17) is 0 Å². The first-order valence-electron chi connectivity index (χ1n) is 9.43. The Hall–Kier alpha value is -2.72. The van der Waals surface area contributed by atoms with Crippen LogP contribution in [-0.2, 0) is 11.3 Å². The van der Waals surface area contributed by atoms with Gasteiger partial charge in [-0.05, 0) is 30.5 Å². The van der Waals surface area contributed by atoms with Crippen LogP contribution in [0.5, 0.6) is 0 Å². The van der Waals surface area contributed by atoms with Crippen molar-refractivity contribution in [2.24, 2.45) is 0 Å². The van der Waals surface area contributed by atoms with E-state index in [0.717, 1.165) is 5.56 Å². The first-order chi connectivity index (χ1) is 13.1. The minimum absolute atomic E-state index is 0.124. The van der Waals surface area contributed by atoms with Crippen molar-refractivity contribution in [3.8, 4) is 0 Å². The van der Waals surface area contributed by atoms with E-state index in [0.29, 0.717) is 38.0 Å². The Labute approximate surface area is 161 Å². The number of benzene rings is 2. The van der Waals surface area contributed by atoms with E-state index in [2.05, 4.69) is 23.6 Å². The lowest BCUT2D eigenvalue weighted by atomic mass is 9.85. The Morgan fingerprint density at radius 3 is 2.30 bits per heavy atom. The number of carbonyl (C=O) groups is 2. The fraction of sp³-hybridized carbons (Fsp3) is 0.304. The summed E-state index contributed by atoms with van der Waals surface area (Å²) < 4.78 is 0. The molecule has 1 fully saturated rings. The maximum absolute atomic E-state index is 13.5. The Kier molecular flexibility index (Phi) is 5.87. The molecule has 0 aliphatic carbocycles. The van der Waals surface area contributed by atoms with Crippen molar-refractivity contribution in [3.05, 3.63) is 84.4 Å². The molecule has 2 aromatic rings. The molecule has 1 aliphatic heterocycles. The average Bonchev–Trinajstić information content (AvgIpc) is 2.72. The van der Waals surface area contributed by atoms with Gasteiger partial charge in [0.1, 0.15) is 5.54 Å². The molecule has 1 heterocycles. The molecule has 140 valence electrons. The summed E-state index contributed by atoms with van der Waals surface area (Å²) in [5, 5.41) is 0. The maximum Gasteiger partial charge on any atom is 0.260 e. The van der Waals surface area contributed by atoms with Gasteiger partial charge in [0.05, 0.1) is 0 Å². The third kappa shape index (κ3) is 3.71. The summed E-state index contributed by atoms with van der Waals surface area (Å²) in [5.41, 5.74) is 0.973. The maximum atomic E-state index is 13.5. The van der Waals surface area contributed by atoms with Gasteiger partial charge < -0.3 is 0 Å². The minimum Gasteiger partial charge on any atom is -0.283 e. The first kappa shape index (κ1) is 19.1. The summed E-state index contributed by atoms with van der Waals surface area (Å²) in [6.07, 6.45) is 2.94. The highest BCUT2D eigenvalue weighted by atomic mass is 16.2. The Bertz CT molecular complexity index is 804. The number of amides is 2. The molecule has 1 atom stereocenters. The summed E-state index contributed by atoms with van der Waals surface area (Å²) in [6, 6.07) is 19.2. The lowest BCUT2D eigenvalue weighted by molar-refractivity contribution is -0.149. The van der Waals surface area contributed by atoms with Crippen molar-refractivity contribution in [3.63, 3.8) is 0 Å². The number of piperazine rings is 1. The number of rotatable bonds is 6. The van der Waals surface area contributed by atoms with E-state index >= 15 is 0 Å². The van der Waals surface area contributed by atoms with Gasteiger partial charge in [0.15, 0.2) is 0 Å². The molecule has 0 unspecified atom stereocenters. The summed E-state index contributed by atoms with van der Waals surface area (Å²) in [6.45, 7) is 7.62. The van der Waals surface area contributed by atoms with E-state index in [-0.39, 0.29) is 11.8 Å². The van der Waals surface area contributed by atoms with Crippen molar-refractivity contribution in [1.82, 2.24) is 9.80 Å². The van der Waals surface area contributed by atoms with Crippen LogP contribution in [0.4, 0.5) is 0 Å². The third-order valence-electron chi connectivity index (χ3n) is 5.39. The number of imide groups is 1. The molecule has 1 saturated heterocycles. The molecule has 2 amide bonds. The zero-order valence-electron chi connectivity index (χ0n) is 15.8. The van der Waals surface area contributed by atoms with Crippen molar-refractivity contribution in [1.29, 1.82) is 0 Å². The van der Waals surface area contributed by atoms with Gasteiger partial charge in [0.2, 0.25) is 5.91 Å². The number of hydrogen-bond acceptors (Lipinski definition) is 3. The molecule has 3 rings (SSSR count). The van der Waals surface area contributed by atoms with E-state index in [9.17, 15) is 9.59 Å². The molecule has 27 heavy (non-hydrogen) atoms. The molecule has 4 nitrogen and oxygen atoms in total. The van der Waals surface area contributed by atoms with Crippen LogP contribution in [0, 0.1) is 0 Å². The predicted octanol–water partition coefficient (Wildman–Crippen LogP) is 3.90. The molecule has 0 aromatic heterocycles. The monoisotopic (exact) mass is 362 g/mol. The molecule has 0 bridgehead atoms. The molecular formula is C23H26N2O2. The van der Waals surface area contributed by atoms with Crippen LogP contribution in [0.15, 0.2) is 73.3 Å². The number of hydrogen-bond donors (Lipinski definition) is 0. The zero-order valence-corrected chi connectivity index (χ0v) is 15.8. The second-order valence-electron chi connectivity index (χ2n) is 6.91. The second kappa shape index (κ2) is 8.31. The molecule has 0 N–H and O–H groups in total. The lowest BCUT2D eigenvalue weighted by Crippen LogP contribution is -2.66. The average molecular weight is 362 g/mol. The van der Waals surface area contributed by atoms with Crippen molar-refractivity contribution >= 4 is 11.8 Å². The first-order valence-corrected chi connectivity index (χ1v) is 9.43. The Morgan fingerprint density at radius 2 is 1.70 bits per heavy atom. The van der Waals surface area contributed by atoms with E-state index in [1.807, 2.05) is 43.3 Å². The SMILES string of the molecule is C=CC[C@@]1(CC)C(=O)N(C(=O)c2ccccc2)CCN1Cc1ccccc1. The summed E-state index contributed by atoms with van der Waals surface area (Å²) >= 11 is 0. The van der Waals surface area contributed by atoms with Crippen LogP contribution in [-0.4, -0.2) is 40.2 Å². The Morgan fingerprint density at radius 1 is 1.07 bits per heavy atom. The van der Waals surface area contributed by atoms with Gasteiger partial charge >= 0.3 is 0 Å². The van der Waals surface area contributed by atoms with Gasteiger partial charge in [-0.1, -0.05) is 61.5 Å². The fourth-order valence-electron chi connectivity index (χ4n) is 3.86. The fourth-order valence-corrected chi connectivity index (χ4v) is 3.86. The predicted molar refractivity (Wildman–Crippen MR) is 107 cm³/mol. The van der Waals surface area contributed by atoms with Gasteiger partial charge in [-0.3, -0.25) is 19.4 Å². The summed E-state index contributed by atoms with van der Waals surface area (Å²) in [5.74, 6) is -0.345. The minimum atomic E-state index is -0.736. The molecule has 1 aliphatic rings. The third-order valence-corrected chi connectivity index (χ3v) is 5.39. The molecule has 0 radical (unpaired) electrons. The van der Waals surface area contributed by atoms with Gasteiger partial charge in [-0.25, -0.2) is 0 Å². The number of nitrogens with zero attached hydrogens (tertiary/aromatic N) is 2. The van der Waals surface area contributed by atoms with Gasteiger partial charge in [0.25, 0.3) is 5.91 Å². The molecule has 2 aromatic carbocycles. The largest absolute Gasteiger partial charge is 0.283 e. The van der Waals surface area contributed by atoms with Crippen LogP contribution in [0.2, 0.25) is 0 Å². The quantitative estimate of drug-likeness (QED) is 0.578. The van der Waals surface area contributed by atoms with Crippen LogP contribution in [0.3, 0.4) is 0 Å². The van der Waals surface area contributed by atoms with E-state index in [1.165, 1.54) is 4.90 Å². The highest BCUT2D eigenvalue weighted by molar-refractivity contribution is 6.07. The topological polar surface area (TPSA) is 40.6 Å². The van der Waals surface area contributed by atoms with E-state index in [1.54, 1.807) is 18.2 Å². The lowest BCUT2D eigenvalue weighted by Gasteiger charge is -2.48. The van der Waals surface area contributed by atoms with Gasteiger partial charge in [-0.15, -0.1) is 6.58 Å². The van der Waals surface area contributed by atoms with Crippen molar-refractivity contribution in [2.75, 3.05) is 13.1 Å². The molecule has 4 heteroatoms. The van der Waals surface area contributed by atoms with Crippen molar-refractivity contribution < 1.29 is 9.59 Å². The summed E-state index contributed by atoms with van der Waals surface area (Å²) in [4.78, 5) is 30.1. The second-order valence-corrected chi connectivity index (χ2v) is 6.91. The van der Waals surface area contributed by atoms with Crippen LogP contribution < -0.4 is 0 Å².